The molecule has 4 rings (SSSR count). The number of hydrogen-bond acceptors (Lipinski definition) is 3. The van der Waals surface area contributed by atoms with E-state index in [0.717, 1.165) is 10.9 Å². The lowest BCUT2D eigenvalue weighted by molar-refractivity contribution is 0.465. The second-order valence-corrected chi connectivity index (χ2v) is 5.47. The fraction of sp³-hybridized carbons (Fsp3) is 0. The van der Waals surface area contributed by atoms with Gasteiger partial charge in [0.2, 0.25) is 5.88 Å². The molecule has 0 aliphatic heterocycles. The van der Waals surface area contributed by atoms with Crippen LogP contribution in [0.3, 0.4) is 0 Å². The summed E-state index contributed by atoms with van der Waals surface area (Å²) >= 11 is 0. The quantitative estimate of drug-likeness (QED) is 0.505. The average molecular weight is 334 g/mol. The molecule has 0 aliphatic carbocycles. The first kappa shape index (κ1) is 15.2. The van der Waals surface area contributed by atoms with Crippen molar-refractivity contribution >= 4 is 10.9 Å². The first-order valence-corrected chi connectivity index (χ1v) is 7.63. The van der Waals surface area contributed by atoms with Gasteiger partial charge < -0.3 is 4.74 Å². The lowest BCUT2D eigenvalue weighted by Crippen LogP contribution is -1.93. The Morgan fingerprint density at radius 1 is 0.840 bits per heavy atom. The third kappa shape index (κ3) is 3.17. The van der Waals surface area contributed by atoms with Gasteiger partial charge in [-0.25, -0.2) is 13.8 Å². The molecule has 0 saturated heterocycles. The average Bonchev–Trinajstić information content (AvgIpc) is 2.63. The van der Waals surface area contributed by atoms with E-state index in [4.69, 9.17) is 4.74 Å². The van der Waals surface area contributed by atoms with Crippen LogP contribution in [0.25, 0.3) is 22.0 Å². The van der Waals surface area contributed by atoms with Crippen molar-refractivity contribution in [1.82, 2.24) is 9.97 Å². The van der Waals surface area contributed by atoms with E-state index >= 15 is 0 Å². The van der Waals surface area contributed by atoms with E-state index in [9.17, 15) is 8.78 Å². The van der Waals surface area contributed by atoms with E-state index in [1.54, 1.807) is 36.7 Å². The Kier molecular flexibility index (Phi) is 3.82. The molecule has 3 nitrogen and oxygen atoms in total. The van der Waals surface area contributed by atoms with Crippen LogP contribution in [0.1, 0.15) is 0 Å². The Morgan fingerprint density at radius 2 is 1.72 bits per heavy atom. The number of nitrogens with zero attached hydrogens (tertiary/aromatic N) is 2. The molecule has 0 aliphatic rings. The van der Waals surface area contributed by atoms with Gasteiger partial charge in [-0.05, 0) is 48.0 Å². The smallest absolute Gasteiger partial charge is 0.219 e. The molecule has 0 radical (unpaired) electrons. The lowest BCUT2D eigenvalue weighted by atomic mass is 10.0. The summed E-state index contributed by atoms with van der Waals surface area (Å²) < 4.78 is 33.1. The Labute approximate surface area is 142 Å². The molecular weight excluding hydrogens is 322 g/mol. The maximum Gasteiger partial charge on any atom is 0.219 e. The van der Waals surface area contributed by atoms with Crippen molar-refractivity contribution in [2.24, 2.45) is 0 Å². The van der Waals surface area contributed by atoms with Crippen LogP contribution in [-0.4, -0.2) is 9.97 Å². The number of benzene rings is 2. The van der Waals surface area contributed by atoms with Crippen LogP contribution in [-0.2, 0) is 0 Å². The van der Waals surface area contributed by atoms with Crippen LogP contribution in [0.4, 0.5) is 8.78 Å². The van der Waals surface area contributed by atoms with E-state index in [0.29, 0.717) is 22.8 Å². The topological polar surface area (TPSA) is 35.0 Å². The highest BCUT2D eigenvalue weighted by atomic mass is 19.1. The second kappa shape index (κ2) is 6.28. The minimum atomic E-state index is -0.427. The summed E-state index contributed by atoms with van der Waals surface area (Å²) in [7, 11) is 0. The number of pyridine rings is 2. The van der Waals surface area contributed by atoms with Gasteiger partial charge in [0.25, 0.3) is 0 Å². The fourth-order valence-electron chi connectivity index (χ4n) is 2.59. The standard InChI is InChI=1S/C20H12F2N2O/c21-15-3-1-2-13(10-15)17-11-16(22)5-6-19(17)25-20-7-4-14-12-23-9-8-18(14)24-20/h1-12H. The van der Waals surface area contributed by atoms with E-state index in [1.165, 1.54) is 30.3 Å². The van der Waals surface area contributed by atoms with Crippen LogP contribution < -0.4 is 4.74 Å². The highest BCUT2D eigenvalue weighted by Crippen LogP contribution is 2.34. The first-order chi connectivity index (χ1) is 12.2. The minimum absolute atomic E-state index is 0.364. The van der Waals surface area contributed by atoms with Gasteiger partial charge in [0.05, 0.1) is 5.52 Å². The summed E-state index contributed by atoms with van der Waals surface area (Å²) in [5, 5.41) is 0.888. The molecule has 25 heavy (non-hydrogen) atoms. The Bertz CT molecular complexity index is 1070. The maximum atomic E-state index is 13.7. The van der Waals surface area contributed by atoms with Crippen LogP contribution >= 0.6 is 0 Å². The molecule has 0 bridgehead atoms. The summed E-state index contributed by atoms with van der Waals surface area (Å²) in [5.74, 6) is -0.0657. The van der Waals surface area contributed by atoms with Gasteiger partial charge in [-0.3, -0.25) is 4.98 Å². The van der Waals surface area contributed by atoms with Gasteiger partial charge in [-0.2, -0.15) is 0 Å². The summed E-state index contributed by atoms with van der Waals surface area (Å²) in [6, 6.07) is 15.4. The van der Waals surface area contributed by atoms with E-state index in [2.05, 4.69) is 9.97 Å². The highest BCUT2D eigenvalue weighted by molar-refractivity contribution is 5.78. The number of aromatic nitrogens is 2. The Morgan fingerprint density at radius 3 is 2.60 bits per heavy atom. The maximum absolute atomic E-state index is 13.7. The van der Waals surface area contributed by atoms with Crippen LogP contribution in [0.15, 0.2) is 73.1 Å². The number of rotatable bonds is 3. The molecule has 0 spiro atoms. The molecule has 4 aromatic rings. The molecule has 0 N–H and O–H groups in total. The summed E-state index contributed by atoms with van der Waals surface area (Å²) in [4.78, 5) is 8.46. The fourth-order valence-corrected chi connectivity index (χ4v) is 2.59. The van der Waals surface area contributed by atoms with Crippen molar-refractivity contribution in [1.29, 1.82) is 0 Å². The van der Waals surface area contributed by atoms with Gasteiger partial charge in [-0.1, -0.05) is 12.1 Å². The molecule has 122 valence electrons. The van der Waals surface area contributed by atoms with Crippen molar-refractivity contribution < 1.29 is 13.5 Å². The number of ether oxygens (including phenoxy) is 1. The highest BCUT2D eigenvalue weighted by Gasteiger charge is 2.11. The van der Waals surface area contributed by atoms with Crippen molar-refractivity contribution in [2.75, 3.05) is 0 Å². The number of fused-ring (bicyclic) bond motifs is 1. The number of hydrogen-bond donors (Lipinski definition) is 0. The molecule has 0 unspecified atom stereocenters. The molecule has 0 fully saturated rings. The molecular formula is C20H12F2N2O. The van der Waals surface area contributed by atoms with Gasteiger partial charge in [-0.15, -0.1) is 0 Å². The molecule has 0 amide bonds. The van der Waals surface area contributed by atoms with E-state index in [-0.39, 0.29) is 0 Å². The zero-order valence-corrected chi connectivity index (χ0v) is 13.0. The van der Waals surface area contributed by atoms with Gasteiger partial charge in [0.1, 0.15) is 17.4 Å². The van der Waals surface area contributed by atoms with Gasteiger partial charge in [0.15, 0.2) is 0 Å². The van der Waals surface area contributed by atoms with Gasteiger partial charge >= 0.3 is 0 Å². The lowest BCUT2D eigenvalue weighted by Gasteiger charge is -2.11. The summed E-state index contributed by atoms with van der Waals surface area (Å²) in [6.45, 7) is 0. The largest absolute Gasteiger partial charge is 0.438 e. The van der Waals surface area contributed by atoms with Crippen molar-refractivity contribution in [3.8, 4) is 22.8 Å². The van der Waals surface area contributed by atoms with Crippen molar-refractivity contribution in [3.05, 3.63) is 84.7 Å². The summed E-state index contributed by atoms with van der Waals surface area (Å²) in [5.41, 5.74) is 1.72. The van der Waals surface area contributed by atoms with Crippen molar-refractivity contribution in [2.45, 2.75) is 0 Å². The Balaban J connectivity index is 1.77. The van der Waals surface area contributed by atoms with Crippen LogP contribution in [0, 0.1) is 11.6 Å². The zero-order valence-electron chi connectivity index (χ0n) is 13.0. The molecule has 0 atom stereocenters. The minimum Gasteiger partial charge on any atom is -0.438 e. The monoisotopic (exact) mass is 334 g/mol. The zero-order chi connectivity index (χ0) is 17.2. The Hall–Kier alpha value is -3.34. The summed E-state index contributed by atoms with van der Waals surface area (Å²) in [6.07, 6.45) is 3.36. The molecule has 5 heteroatoms. The van der Waals surface area contributed by atoms with Gasteiger partial charge in [0, 0.05) is 29.4 Å². The normalized spacial score (nSPS) is 10.8. The van der Waals surface area contributed by atoms with Crippen LogP contribution in [0.2, 0.25) is 0 Å². The molecule has 2 aromatic heterocycles. The molecule has 2 heterocycles. The first-order valence-electron chi connectivity index (χ1n) is 7.63. The SMILES string of the molecule is Fc1cccc(-c2cc(F)ccc2Oc2ccc3cnccc3n2)c1. The van der Waals surface area contributed by atoms with Crippen molar-refractivity contribution in [3.63, 3.8) is 0 Å². The predicted molar refractivity (Wildman–Crippen MR) is 91.4 cm³/mol. The number of halogens is 2. The second-order valence-electron chi connectivity index (χ2n) is 5.47. The third-order valence-corrected chi connectivity index (χ3v) is 3.76. The molecule has 0 saturated carbocycles. The van der Waals surface area contributed by atoms with E-state index < -0.39 is 11.6 Å². The molecule has 2 aromatic carbocycles. The van der Waals surface area contributed by atoms with Crippen LogP contribution in [0.5, 0.6) is 11.6 Å². The predicted octanol–water partition coefficient (Wildman–Crippen LogP) is 5.37. The third-order valence-electron chi connectivity index (χ3n) is 3.76. The van der Waals surface area contributed by atoms with E-state index in [1.807, 2.05) is 6.07 Å².